The van der Waals surface area contributed by atoms with E-state index in [0.717, 1.165) is 12.1 Å². The van der Waals surface area contributed by atoms with Gasteiger partial charge in [-0.2, -0.15) is 4.98 Å². The molecule has 5 nitrogen and oxygen atoms in total. The molecule has 90 valence electrons. The van der Waals surface area contributed by atoms with Crippen LogP contribution in [-0.2, 0) is 0 Å². The number of nitrogens with one attached hydrogen (secondary N) is 1. The molecule has 3 N–H and O–H groups in total. The number of aryl methyl sites for hydroxylation is 1. The molecule has 0 bridgehead atoms. The van der Waals surface area contributed by atoms with Crippen molar-refractivity contribution in [3.05, 3.63) is 11.8 Å². The highest BCUT2D eigenvalue weighted by Gasteiger charge is 2.05. The third-order valence-electron chi connectivity index (χ3n) is 2.26. The molecule has 5 heteroatoms. The van der Waals surface area contributed by atoms with E-state index in [-0.39, 0.29) is 0 Å². The lowest BCUT2D eigenvalue weighted by Crippen LogP contribution is -2.13. The quantitative estimate of drug-likeness (QED) is 0.570. The predicted octanol–water partition coefficient (Wildman–Crippen LogP) is 1.89. The van der Waals surface area contributed by atoms with Gasteiger partial charge in [0.1, 0.15) is 0 Å². The fraction of sp³-hybridized carbons (Fsp3) is 0.636. The summed E-state index contributed by atoms with van der Waals surface area (Å²) >= 11 is 0. The summed E-state index contributed by atoms with van der Waals surface area (Å²) in [6.07, 6.45) is 2.33. The van der Waals surface area contributed by atoms with Gasteiger partial charge in [-0.05, 0) is 19.3 Å². The molecule has 1 atom stereocenters. The molecule has 1 aromatic rings. The fourth-order valence-electron chi connectivity index (χ4n) is 1.48. The number of nitrogen functional groups attached to an aromatic ring is 1. The second-order valence-electron chi connectivity index (χ2n) is 4.02. The molecule has 0 aliphatic heterocycles. The third kappa shape index (κ3) is 4.02. The van der Waals surface area contributed by atoms with Crippen LogP contribution in [0.2, 0.25) is 0 Å². The Morgan fingerprint density at radius 3 is 2.88 bits per heavy atom. The first-order chi connectivity index (χ1) is 7.65. The van der Waals surface area contributed by atoms with Gasteiger partial charge in [0.2, 0.25) is 11.8 Å². The van der Waals surface area contributed by atoms with Gasteiger partial charge < -0.3 is 4.74 Å². The van der Waals surface area contributed by atoms with Crippen LogP contribution in [0, 0.1) is 12.8 Å². The molecule has 0 saturated heterocycles. The molecule has 16 heavy (non-hydrogen) atoms. The second-order valence-corrected chi connectivity index (χ2v) is 4.02. The van der Waals surface area contributed by atoms with E-state index in [9.17, 15) is 0 Å². The number of aromatic nitrogens is 2. The minimum absolute atomic E-state index is 0.387. The Labute approximate surface area is 96.4 Å². The number of hydrogen-bond donors (Lipinski definition) is 2. The molecule has 1 aromatic heterocycles. The van der Waals surface area contributed by atoms with Gasteiger partial charge in [0.05, 0.1) is 6.61 Å². The maximum Gasteiger partial charge on any atom is 0.240 e. The zero-order chi connectivity index (χ0) is 12.0. The van der Waals surface area contributed by atoms with E-state index in [1.807, 2.05) is 6.92 Å². The van der Waals surface area contributed by atoms with Gasteiger partial charge in [0, 0.05) is 11.8 Å². The van der Waals surface area contributed by atoms with Gasteiger partial charge in [-0.1, -0.05) is 20.3 Å². The van der Waals surface area contributed by atoms with E-state index < -0.39 is 0 Å². The number of hydrogen-bond acceptors (Lipinski definition) is 5. The summed E-state index contributed by atoms with van der Waals surface area (Å²) in [5, 5.41) is 0. The van der Waals surface area contributed by atoms with E-state index in [2.05, 4.69) is 29.2 Å². The van der Waals surface area contributed by atoms with Crippen molar-refractivity contribution < 1.29 is 4.74 Å². The molecule has 0 fully saturated rings. The Bertz CT molecular complexity index is 330. The van der Waals surface area contributed by atoms with E-state index >= 15 is 0 Å². The molecule has 0 aliphatic carbocycles. The minimum atomic E-state index is 0.387. The van der Waals surface area contributed by atoms with Gasteiger partial charge in [-0.3, -0.25) is 5.43 Å². The first-order valence-corrected chi connectivity index (χ1v) is 5.60. The lowest BCUT2D eigenvalue weighted by molar-refractivity contribution is 0.243. The number of hydrazine groups is 1. The number of rotatable bonds is 6. The first kappa shape index (κ1) is 12.7. The molecular weight excluding hydrogens is 204 g/mol. The van der Waals surface area contributed by atoms with E-state index in [1.54, 1.807) is 6.07 Å². The summed E-state index contributed by atoms with van der Waals surface area (Å²) in [7, 11) is 0. The topological polar surface area (TPSA) is 73.1 Å². The number of nitrogens with zero attached hydrogens (tertiary/aromatic N) is 2. The van der Waals surface area contributed by atoms with E-state index in [1.165, 1.54) is 6.42 Å². The number of anilines is 1. The van der Waals surface area contributed by atoms with Crippen LogP contribution in [0.15, 0.2) is 6.07 Å². The zero-order valence-electron chi connectivity index (χ0n) is 10.2. The summed E-state index contributed by atoms with van der Waals surface area (Å²) in [6.45, 7) is 6.89. The molecule has 0 saturated carbocycles. The van der Waals surface area contributed by atoms with Gasteiger partial charge >= 0.3 is 0 Å². The van der Waals surface area contributed by atoms with Crippen molar-refractivity contribution in [2.24, 2.45) is 11.8 Å². The lowest BCUT2D eigenvalue weighted by Gasteiger charge is -2.12. The molecule has 0 radical (unpaired) electrons. The highest BCUT2D eigenvalue weighted by Crippen LogP contribution is 2.13. The van der Waals surface area contributed by atoms with Crippen LogP contribution < -0.4 is 16.0 Å². The van der Waals surface area contributed by atoms with Crippen molar-refractivity contribution in [2.75, 3.05) is 12.0 Å². The molecule has 0 amide bonds. The summed E-state index contributed by atoms with van der Waals surface area (Å²) in [6, 6.07) is 1.81. The van der Waals surface area contributed by atoms with E-state index in [4.69, 9.17) is 10.6 Å². The Hall–Kier alpha value is -1.36. The standard InChI is InChI=1S/C11H20N4O/c1-4-5-8(2)7-16-10-6-9(3)13-11(14-10)15-12/h6,8H,4-5,7,12H2,1-3H3,(H,13,14,15). The molecular formula is C11H20N4O. The Morgan fingerprint density at radius 1 is 1.50 bits per heavy atom. The van der Waals surface area contributed by atoms with E-state index in [0.29, 0.717) is 24.4 Å². The summed E-state index contributed by atoms with van der Waals surface area (Å²) in [5.41, 5.74) is 3.25. The molecule has 0 aliphatic rings. The smallest absolute Gasteiger partial charge is 0.240 e. The average molecular weight is 224 g/mol. The Kier molecular flexibility index (Phi) is 4.98. The van der Waals surface area contributed by atoms with Crippen LogP contribution in [0.1, 0.15) is 32.4 Å². The molecule has 0 aromatic carbocycles. The summed E-state index contributed by atoms with van der Waals surface area (Å²) in [4.78, 5) is 8.20. The Balaban J connectivity index is 2.56. The van der Waals surface area contributed by atoms with Crippen molar-refractivity contribution in [1.29, 1.82) is 0 Å². The predicted molar refractivity (Wildman–Crippen MR) is 64.1 cm³/mol. The molecule has 1 unspecified atom stereocenters. The fourth-order valence-corrected chi connectivity index (χ4v) is 1.48. The van der Waals surface area contributed by atoms with Crippen molar-refractivity contribution in [2.45, 2.75) is 33.6 Å². The molecule has 1 heterocycles. The van der Waals surface area contributed by atoms with Crippen LogP contribution in [0.5, 0.6) is 5.88 Å². The van der Waals surface area contributed by atoms with Crippen molar-refractivity contribution in [1.82, 2.24) is 9.97 Å². The first-order valence-electron chi connectivity index (χ1n) is 5.60. The minimum Gasteiger partial charge on any atom is -0.477 e. The highest BCUT2D eigenvalue weighted by atomic mass is 16.5. The molecule has 1 rings (SSSR count). The van der Waals surface area contributed by atoms with Gasteiger partial charge in [0.25, 0.3) is 0 Å². The SMILES string of the molecule is CCCC(C)COc1cc(C)nc(NN)n1. The molecule has 0 spiro atoms. The van der Waals surface area contributed by atoms with Crippen LogP contribution in [0.3, 0.4) is 0 Å². The third-order valence-corrected chi connectivity index (χ3v) is 2.26. The monoisotopic (exact) mass is 224 g/mol. The maximum atomic E-state index is 5.60. The number of nitrogens with two attached hydrogens (primary N) is 1. The van der Waals surface area contributed by atoms with Gasteiger partial charge in [0.15, 0.2) is 0 Å². The lowest BCUT2D eigenvalue weighted by atomic mass is 10.1. The van der Waals surface area contributed by atoms with Crippen molar-refractivity contribution in [3.8, 4) is 5.88 Å². The highest BCUT2D eigenvalue weighted by molar-refractivity contribution is 5.28. The van der Waals surface area contributed by atoms with Crippen LogP contribution >= 0.6 is 0 Å². The normalized spacial score (nSPS) is 12.2. The average Bonchev–Trinajstić information content (AvgIpc) is 2.26. The van der Waals surface area contributed by atoms with Crippen LogP contribution in [-0.4, -0.2) is 16.6 Å². The number of ether oxygens (including phenoxy) is 1. The van der Waals surface area contributed by atoms with Crippen LogP contribution in [0.4, 0.5) is 5.95 Å². The summed E-state index contributed by atoms with van der Waals surface area (Å²) in [5.74, 6) is 6.76. The van der Waals surface area contributed by atoms with Gasteiger partial charge in [-0.25, -0.2) is 10.8 Å². The zero-order valence-corrected chi connectivity index (χ0v) is 10.2. The van der Waals surface area contributed by atoms with Crippen molar-refractivity contribution in [3.63, 3.8) is 0 Å². The van der Waals surface area contributed by atoms with Crippen LogP contribution in [0.25, 0.3) is 0 Å². The maximum absolute atomic E-state index is 5.60. The summed E-state index contributed by atoms with van der Waals surface area (Å²) < 4.78 is 5.60. The Morgan fingerprint density at radius 2 is 2.25 bits per heavy atom. The second kappa shape index (κ2) is 6.27. The van der Waals surface area contributed by atoms with Crippen molar-refractivity contribution >= 4 is 5.95 Å². The largest absolute Gasteiger partial charge is 0.477 e. The van der Waals surface area contributed by atoms with Gasteiger partial charge in [-0.15, -0.1) is 0 Å².